The summed E-state index contributed by atoms with van der Waals surface area (Å²) in [6.45, 7) is 2.09. The van der Waals surface area contributed by atoms with E-state index in [9.17, 15) is 0 Å². The summed E-state index contributed by atoms with van der Waals surface area (Å²) >= 11 is 1.81. The monoisotopic (exact) mass is 260 g/mol. The third kappa shape index (κ3) is 2.29. The molecule has 96 valence electrons. The molecule has 1 aromatic carbocycles. The highest BCUT2D eigenvalue weighted by atomic mass is 32.1. The minimum Gasteiger partial charge on any atom is -0.317 e. The lowest BCUT2D eigenvalue weighted by Gasteiger charge is -2.28. The molecule has 0 aliphatic heterocycles. The quantitative estimate of drug-likeness (QED) is 0.887. The number of benzene rings is 1. The van der Waals surface area contributed by atoms with Gasteiger partial charge in [-0.1, -0.05) is 6.07 Å². The average molecular weight is 260 g/mol. The molecule has 1 heterocycles. The van der Waals surface area contributed by atoms with Crippen molar-refractivity contribution in [3.05, 3.63) is 28.8 Å². The van der Waals surface area contributed by atoms with Crippen molar-refractivity contribution in [2.24, 2.45) is 0 Å². The number of fused-ring (bicyclic) bond motifs is 1. The van der Waals surface area contributed by atoms with E-state index in [0.717, 1.165) is 17.5 Å². The minimum absolute atomic E-state index is 0.732. The van der Waals surface area contributed by atoms with Gasteiger partial charge in [-0.25, -0.2) is 4.98 Å². The summed E-state index contributed by atoms with van der Waals surface area (Å²) in [5.41, 5.74) is 2.67. The smallest absolute Gasteiger partial charge is 0.0907 e. The van der Waals surface area contributed by atoms with Crippen molar-refractivity contribution in [3.63, 3.8) is 0 Å². The van der Waals surface area contributed by atoms with Crippen molar-refractivity contribution in [1.82, 2.24) is 10.3 Å². The molecule has 0 spiro atoms. The molecule has 3 rings (SSSR count). The van der Waals surface area contributed by atoms with E-state index in [-0.39, 0.29) is 0 Å². The van der Waals surface area contributed by atoms with E-state index in [4.69, 9.17) is 0 Å². The second-order valence-electron chi connectivity index (χ2n) is 5.30. The molecule has 0 atom stereocenters. The van der Waals surface area contributed by atoms with Crippen LogP contribution >= 0.6 is 11.3 Å². The number of hydrogen-bond acceptors (Lipinski definition) is 3. The summed E-state index contributed by atoms with van der Waals surface area (Å²) in [7, 11) is 2.08. The summed E-state index contributed by atoms with van der Waals surface area (Å²) < 4.78 is 1.35. The van der Waals surface area contributed by atoms with Gasteiger partial charge in [-0.2, -0.15) is 0 Å². The number of aromatic nitrogens is 1. The number of aryl methyl sites for hydroxylation is 1. The average Bonchev–Trinajstić information content (AvgIpc) is 2.78. The predicted octanol–water partition coefficient (Wildman–Crippen LogP) is 3.85. The van der Waals surface area contributed by atoms with Crippen LogP contribution in [0.1, 0.15) is 42.2 Å². The van der Waals surface area contributed by atoms with Crippen molar-refractivity contribution >= 4 is 21.6 Å². The Morgan fingerprint density at radius 1 is 1.22 bits per heavy atom. The second-order valence-corrected chi connectivity index (χ2v) is 6.53. The molecular formula is C15H20N2S. The van der Waals surface area contributed by atoms with Crippen molar-refractivity contribution in [1.29, 1.82) is 0 Å². The Bertz CT molecular complexity index is 538. The maximum Gasteiger partial charge on any atom is 0.0907 e. The van der Waals surface area contributed by atoms with Crippen LogP contribution in [-0.2, 0) is 0 Å². The first-order valence-corrected chi connectivity index (χ1v) is 7.62. The van der Waals surface area contributed by atoms with Crippen molar-refractivity contribution in [2.75, 3.05) is 7.05 Å². The molecule has 3 heteroatoms. The Balaban J connectivity index is 1.82. The van der Waals surface area contributed by atoms with Crippen LogP contribution in [0.5, 0.6) is 0 Å². The highest BCUT2D eigenvalue weighted by Crippen LogP contribution is 2.35. The Hall–Kier alpha value is -0.930. The molecular weight excluding hydrogens is 240 g/mol. The normalized spacial score (nSPS) is 24.6. The molecule has 1 fully saturated rings. The van der Waals surface area contributed by atoms with Gasteiger partial charge in [-0.3, -0.25) is 0 Å². The van der Waals surface area contributed by atoms with E-state index in [1.165, 1.54) is 41.0 Å². The fraction of sp³-hybridized carbons (Fsp3) is 0.533. The van der Waals surface area contributed by atoms with Gasteiger partial charge in [-0.05, 0) is 63.3 Å². The maximum atomic E-state index is 4.53. The van der Waals surface area contributed by atoms with E-state index in [1.807, 2.05) is 11.3 Å². The summed E-state index contributed by atoms with van der Waals surface area (Å²) in [6, 6.07) is 7.57. The van der Waals surface area contributed by atoms with Crippen molar-refractivity contribution in [2.45, 2.75) is 44.6 Å². The fourth-order valence-electron chi connectivity index (χ4n) is 3.03. The van der Waals surface area contributed by atoms with E-state index in [1.54, 1.807) is 0 Å². The van der Waals surface area contributed by atoms with E-state index in [2.05, 4.69) is 42.5 Å². The highest BCUT2D eigenvalue weighted by molar-refractivity contribution is 7.18. The third-order valence-electron chi connectivity index (χ3n) is 4.13. The number of nitrogens with one attached hydrogen (secondary N) is 1. The van der Waals surface area contributed by atoms with E-state index in [0.29, 0.717) is 0 Å². The number of nitrogens with zero attached hydrogens (tertiary/aromatic N) is 1. The first-order valence-electron chi connectivity index (χ1n) is 6.80. The predicted molar refractivity (Wildman–Crippen MR) is 78.4 cm³/mol. The number of rotatable bonds is 2. The SMILES string of the molecule is CNC1CCC(c2ccc3nc(C)sc3c2)CC1. The highest BCUT2D eigenvalue weighted by Gasteiger charge is 2.21. The Labute approximate surface area is 112 Å². The fourth-order valence-corrected chi connectivity index (χ4v) is 3.90. The molecule has 0 radical (unpaired) electrons. The summed E-state index contributed by atoms with van der Waals surface area (Å²) in [4.78, 5) is 4.53. The second kappa shape index (κ2) is 4.98. The molecule has 0 unspecified atom stereocenters. The number of hydrogen-bond donors (Lipinski definition) is 1. The van der Waals surface area contributed by atoms with Gasteiger partial charge in [0.2, 0.25) is 0 Å². The topological polar surface area (TPSA) is 24.9 Å². The third-order valence-corrected chi connectivity index (χ3v) is 5.06. The molecule has 0 saturated heterocycles. The molecule has 1 saturated carbocycles. The van der Waals surface area contributed by atoms with Gasteiger partial charge in [0.15, 0.2) is 0 Å². The molecule has 0 bridgehead atoms. The maximum absolute atomic E-state index is 4.53. The lowest BCUT2D eigenvalue weighted by Crippen LogP contribution is -2.29. The van der Waals surface area contributed by atoms with Crippen LogP contribution in [0.2, 0.25) is 0 Å². The zero-order valence-corrected chi connectivity index (χ0v) is 11.9. The van der Waals surface area contributed by atoms with Gasteiger partial charge < -0.3 is 5.32 Å². The van der Waals surface area contributed by atoms with Gasteiger partial charge in [0.05, 0.1) is 15.2 Å². The van der Waals surface area contributed by atoms with Crippen molar-refractivity contribution in [3.8, 4) is 0 Å². The Morgan fingerprint density at radius 2 is 2.00 bits per heavy atom. The molecule has 0 amide bonds. The standard InChI is InChI=1S/C15H20N2S/c1-10-17-14-8-5-12(9-15(14)18-10)11-3-6-13(16-2)7-4-11/h5,8-9,11,13,16H,3-4,6-7H2,1-2H3. The van der Waals surface area contributed by atoms with Gasteiger partial charge >= 0.3 is 0 Å². The lowest BCUT2D eigenvalue weighted by molar-refractivity contribution is 0.359. The van der Waals surface area contributed by atoms with Crippen LogP contribution in [0, 0.1) is 6.92 Å². The lowest BCUT2D eigenvalue weighted by atomic mass is 9.82. The summed E-state index contributed by atoms with van der Waals surface area (Å²) in [6.07, 6.45) is 5.24. The largest absolute Gasteiger partial charge is 0.317 e. The van der Waals surface area contributed by atoms with Crippen LogP contribution in [0.25, 0.3) is 10.2 Å². The van der Waals surface area contributed by atoms with Gasteiger partial charge in [0, 0.05) is 6.04 Å². The Morgan fingerprint density at radius 3 is 2.72 bits per heavy atom. The van der Waals surface area contributed by atoms with Gasteiger partial charge in [0.1, 0.15) is 0 Å². The molecule has 1 aliphatic carbocycles. The molecule has 18 heavy (non-hydrogen) atoms. The summed E-state index contributed by atoms with van der Waals surface area (Å²) in [5.74, 6) is 0.751. The van der Waals surface area contributed by atoms with Crippen LogP contribution < -0.4 is 5.32 Å². The van der Waals surface area contributed by atoms with E-state index < -0.39 is 0 Å². The number of thiazole rings is 1. The van der Waals surface area contributed by atoms with Crippen molar-refractivity contribution < 1.29 is 0 Å². The molecule has 1 aliphatic rings. The van der Waals surface area contributed by atoms with Crippen LogP contribution in [0.15, 0.2) is 18.2 Å². The van der Waals surface area contributed by atoms with Crippen LogP contribution in [0.4, 0.5) is 0 Å². The van der Waals surface area contributed by atoms with E-state index >= 15 is 0 Å². The molecule has 2 nitrogen and oxygen atoms in total. The molecule has 2 aromatic rings. The molecule has 1 aromatic heterocycles. The van der Waals surface area contributed by atoms with Crippen LogP contribution in [0.3, 0.4) is 0 Å². The zero-order chi connectivity index (χ0) is 12.5. The van der Waals surface area contributed by atoms with Gasteiger partial charge in [-0.15, -0.1) is 11.3 Å². The minimum atomic E-state index is 0.732. The first kappa shape index (κ1) is 12.1. The summed E-state index contributed by atoms with van der Waals surface area (Å²) in [5, 5.41) is 4.57. The zero-order valence-electron chi connectivity index (χ0n) is 11.1. The van der Waals surface area contributed by atoms with Gasteiger partial charge in [0.25, 0.3) is 0 Å². The molecule has 1 N–H and O–H groups in total. The Kier molecular flexibility index (Phi) is 3.35. The van der Waals surface area contributed by atoms with Crippen LogP contribution in [-0.4, -0.2) is 18.1 Å². The first-order chi connectivity index (χ1) is 8.76.